The van der Waals surface area contributed by atoms with E-state index in [2.05, 4.69) is 42.8 Å². The molecule has 4 aliphatic rings. The molecule has 10 nitrogen and oxygen atoms in total. The van der Waals surface area contributed by atoms with Crippen LogP contribution >= 0.6 is 0 Å². The SMILES string of the molecule is COc1ccc([Si](C)(C)[C@@H]2[C@@H](CC(=O)N3CCC[C@H]3CO)O[C@]3(C(=O)N(Cc4ccc(NC(=O)C5CCCNC5)cc4)c4ccccc43)[C@H]2C)cc1. The predicted octanol–water partition coefficient (Wildman–Crippen LogP) is 4.77. The smallest absolute Gasteiger partial charge is 0.264 e. The number of benzene rings is 3. The van der Waals surface area contributed by atoms with Gasteiger partial charge in [-0.1, -0.05) is 67.7 Å². The number of aliphatic hydroxyl groups excluding tert-OH is 1. The molecule has 0 saturated carbocycles. The summed E-state index contributed by atoms with van der Waals surface area (Å²) in [7, 11) is -0.765. The zero-order valence-corrected chi connectivity index (χ0v) is 31.8. The van der Waals surface area contributed by atoms with Crippen molar-refractivity contribution in [1.82, 2.24) is 10.2 Å². The summed E-state index contributed by atoms with van der Waals surface area (Å²) in [6, 6.07) is 23.7. The van der Waals surface area contributed by atoms with Crippen molar-refractivity contribution in [2.45, 2.75) is 82.0 Å². The zero-order valence-electron chi connectivity index (χ0n) is 30.8. The number of aliphatic hydroxyl groups is 1. The molecule has 3 fully saturated rings. The Hall–Kier alpha value is -4.03. The predicted molar refractivity (Wildman–Crippen MR) is 204 cm³/mol. The third-order valence-corrected chi connectivity index (χ3v) is 16.6. The lowest BCUT2D eigenvalue weighted by Crippen LogP contribution is -2.52. The molecule has 6 atom stereocenters. The molecule has 0 radical (unpaired) electrons. The molecule has 7 rings (SSSR count). The monoisotopic (exact) mass is 724 g/mol. The number of fused-ring (bicyclic) bond motifs is 2. The van der Waals surface area contributed by atoms with E-state index in [4.69, 9.17) is 9.47 Å². The number of para-hydroxylation sites is 1. The molecule has 52 heavy (non-hydrogen) atoms. The summed E-state index contributed by atoms with van der Waals surface area (Å²) < 4.78 is 12.6. The van der Waals surface area contributed by atoms with Crippen LogP contribution in [0.1, 0.15) is 50.2 Å². The molecular weight excluding hydrogens is 673 g/mol. The molecule has 3 amide bonds. The van der Waals surface area contributed by atoms with Gasteiger partial charge in [-0.2, -0.15) is 0 Å². The Bertz CT molecular complexity index is 1780. The van der Waals surface area contributed by atoms with Gasteiger partial charge < -0.3 is 35.0 Å². The van der Waals surface area contributed by atoms with E-state index in [9.17, 15) is 14.7 Å². The summed E-state index contributed by atoms with van der Waals surface area (Å²) in [4.78, 5) is 45.6. The van der Waals surface area contributed by atoms with Gasteiger partial charge in [0.2, 0.25) is 11.8 Å². The topological polar surface area (TPSA) is 120 Å². The Morgan fingerprint density at radius 1 is 1.04 bits per heavy atom. The van der Waals surface area contributed by atoms with Crippen molar-refractivity contribution in [1.29, 1.82) is 0 Å². The molecule has 3 aromatic rings. The van der Waals surface area contributed by atoms with Crippen molar-refractivity contribution in [2.75, 3.05) is 43.6 Å². The van der Waals surface area contributed by atoms with Crippen molar-refractivity contribution < 1.29 is 29.0 Å². The Balaban J connectivity index is 1.19. The lowest BCUT2D eigenvalue weighted by molar-refractivity contribution is -0.150. The van der Waals surface area contributed by atoms with Gasteiger partial charge >= 0.3 is 0 Å². The zero-order chi connectivity index (χ0) is 36.6. The summed E-state index contributed by atoms with van der Waals surface area (Å²) in [5.41, 5.74) is 2.00. The van der Waals surface area contributed by atoms with Crippen molar-refractivity contribution in [3.05, 3.63) is 83.9 Å². The minimum atomic E-state index is -2.42. The lowest BCUT2D eigenvalue weighted by atomic mass is 9.82. The van der Waals surface area contributed by atoms with Crippen LogP contribution in [0.3, 0.4) is 0 Å². The van der Waals surface area contributed by atoms with Crippen molar-refractivity contribution in [2.24, 2.45) is 11.8 Å². The molecule has 4 heterocycles. The first kappa shape index (κ1) is 36.3. The van der Waals surface area contributed by atoms with Crippen LogP contribution in [-0.4, -0.2) is 81.3 Å². The van der Waals surface area contributed by atoms with Gasteiger partial charge in [0, 0.05) is 30.3 Å². The second-order valence-electron chi connectivity index (χ2n) is 15.6. The summed E-state index contributed by atoms with van der Waals surface area (Å²) in [5, 5.41) is 17.6. The minimum absolute atomic E-state index is 0.0261. The largest absolute Gasteiger partial charge is 0.497 e. The van der Waals surface area contributed by atoms with Gasteiger partial charge in [0.05, 0.1) is 58.5 Å². The summed E-state index contributed by atoms with van der Waals surface area (Å²) in [6.45, 7) is 9.32. The minimum Gasteiger partial charge on any atom is -0.497 e. The van der Waals surface area contributed by atoms with E-state index in [-0.39, 0.29) is 54.2 Å². The number of carbonyl (C=O) groups is 3. The standard InChI is InChI=1S/C41H52N4O6Si/c1-27-38(52(3,4)33-19-17-32(50-2)18-20-33)36(23-37(47)44-22-8-10-31(44)26-46)51-41(27)34-11-5-6-12-35(34)45(40(41)49)25-28-13-15-30(16-14-28)43-39(48)29-9-7-21-42-24-29/h5-6,11-20,27,29,31,36,38,42,46H,7-10,21-26H2,1-4H3,(H,43,48)/t27-,29?,31-,36+,38-,41+/m0/s1. The number of amides is 3. The van der Waals surface area contributed by atoms with Crippen LogP contribution in [0.2, 0.25) is 18.6 Å². The molecule has 0 aliphatic carbocycles. The van der Waals surface area contributed by atoms with Crippen LogP contribution in [0.4, 0.5) is 11.4 Å². The Kier molecular flexibility index (Phi) is 10.3. The third kappa shape index (κ3) is 6.46. The molecule has 1 unspecified atom stereocenters. The number of methoxy groups -OCH3 is 1. The Morgan fingerprint density at radius 3 is 2.48 bits per heavy atom. The average Bonchev–Trinajstić information content (AvgIpc) is 3.83. The third-order valence-electron chi connectivity index (χ3n) is 12.3. The van der Waals surface area contributed by atoms with Crippen LogP contribution in [0, 0.1) is 11.8 Å². The van der Waals surface area contributed by atoms with Crippen LogP contribution in [0.15, 0.2) is 72.8 Å². The number of nitrogens with one attached hydrogen (secondary N) is 2. The van der Waals surface area contributed by atoms with Gasteiger partial charge in [-0.25, -0.2) is 0 Å². The van der Waals surface area contributed by atoms with Gasteiger partial charge in [-0.3, -0.25) is 14.4 Å². The number of likely N-dealkylation sites (tertiary alicyclic amines) is 1. The normalized spacial score (nSPS) is 27.2. The number of hydrogen-bond acceptors (Lipinski definition) is 7. The number of ether oxygens (including phenoxy) is 2. The van der Waals surface area contributed by atoms with Crippen molar-refractivity contribution >= 4 is 42.4 Å². The Labute approximate surface area is 307 Å². The molecule has 3 saturated heterocycles. The first-order chi connectivity index (χ1) is 25.1. The first-order valence-electron chi connectivity index (χ1n) is 18.8. The van der Waals surface area contributed by atoms with Gasteiger partial charge in [-0.05, 0) is 73.7 Å². The molecule has 276 valence electrons. The number of piperidine rings is 1. The quantitative estimate of drug-likeness (QED) is 0.258. The van der Waals surface area contributed by atoms with Gasteiger partial charge in [-0.15, -0.1) is 0 Å². The van der Waals surface area contributed by atoms with Gasteiger partial charge in [0.25, 0.3) is 5.91 Å². The van der Waals surface area contributed by atoms with E-state index < -0.39 is 19.8 Å². The van der Waals surface area contributed by atoms with Crippen LogP contribution in [0.25, 0.3) is 0 Å². The average molecular weight is 725 g/mol. The molecule has 3 N–H and O–H groups in total. The summed E-state index contributed by atoms with van der Waals surface area (Å²) >= 11 is 0. The molecule has 0 aromatic heterocycles. The van der Waals surface area contributed by atoms with E-state index in [0.29, 0.717) is 19.6 Å². The molecule has 3 aromatic carbocycles. The van der Waals surface area contributed by atoms with Gasteiger partial charge in [0.15, 0.2) is 5.60 Å². The fourth-order valence-electron chi connectivity index (χ4n) is 9.46. The van der Waals surface area contributed by atoms with Crippen LogP contribution < -0.4 is 25.5 Å². The summed E-state index contributed by atoms with van der Waals surface area (Å²) in [6.07, 6.45) is 3.19. The van der Waals surface area contributed by atoms with E-state index in [1.165, 1.54) is 5.19 Å². The highest BCUT2D eigenvalue weighted by Crippen LogP contribution is 2.60. The number of rotatable bonds is 10. The van der Waals surface area contributed by atoms with E-state index in [1.54, 1.807) is 7.11 Å². The first-order valence-corrected chi connectivity index (χ1v) is 21.9. The highest BCUT2D eigenvalue weighted by atomic mass is 28.3. The number of carbonyl (C=O) groups excluding carboxylic acids is 3. The molecular formula is C41H52N4O6Si. The second-order valence-corrected chi connectivity index (χ2v) is 20.3. The van der Waals surface area contributed by atoms with E-state index >= 15 is 4.79 Å². The molecule has 4 aliphatic heterocycles. The molecule has 11 heteroatoms. The maximum Gasteiger partial charge on any atom is 0.264 e. The maximum absolute atomic E-state index is 15.1. The number of hydrogen-bond donors (Lipinski definition) is 3. The van der Waals surface area contributed by atoms with Crippen molar-refractivity contribution in [3.8, 4) is 5.75 Å². The number of nitrogens with zero attached hydrogens (tertiary/aromatic N) is 2. The lowest BCUT2D eigenvalue weighted by Gasteiger charge is -2.37. The molecule has 1 spiro atoms. The fourth-order valence-corrected chi connectivity index (χ4v) is 13.5. The van der Waals surface area contributed by atoms with E-state index in [1.807, 2.05) is 70.5 Å². The number of anilines is 2. The molecule has 0 bridgehead atoms. The summed E-state index contributed by atoms with van der Waals surface area (Å²) in [5.74, 6) is 0.396. The second kappa shape index (κ2) is 14.8. The highest BCUT2D eigenvalue weighted by molar-refractivity contribution is 6.91. The Morgan fingerprint density at radius 2 is 1.79 bits per heavy atom. The maximum atomic E-state index is 15.1. The van der Waals surface area contributed by atoms with Crippen LogP contribution in [-0.2, 0) is 31.3 Å². The highest BCUT2D eigenvalue weighted by Gasteiger charge is 2.66. The van der Waals surface area contributed by atoms with Gasteiger partial charge in [0.1, 0.15) is 5.75 Å². The van der Waals surface area contributed by atoms with Crippen LogP contribution in [0.5, 0.6) is 5.75 Å². The fraction of sp³-hybridized carbons (Fsp3) is 0.488. The van der Waals surface area contributed by atoms with E-state index in [0.717, 1.165) is 60.5 Å². The van der Waals surface area contributed by atoms with Crippen molar-refractivity contribution in [3.63, 3.8) is 0 Å².